The standard InChI is InChI=1S/C21H18N2O3/c1-25-15-10-11-18(26-2)17(13-15)20-19-16(9-6-12-22-19)21(24)23(20)14-7-4-3-5-8-14/h3-13,20H,1-2H3. The molecular weight excluding hydrogens is 328 g/mol. The summed E-state index contributed by atoms with van der Waals surface area (Å²) >= 11 is 0. The summed E-state index contributed by atoms with van der Waals surface area (Å²) in [5.41, 5.74) is 2.96. The molecule has 2 aromatic carbocycles. The van der Waals surface area contributed by atoms with Gasteiger partial charge in [0, 0.05) is 17.4 Å². The molecule has 5 heteroatoms. The molecule has 1 aliphatic heterocycles. The molecular formula is C21H18N2O3. The van der Waals surface area contributed by atoms with Crippen LogP contribution in [-0.4, -0.2) is 25.1 Å². The van der Waals surface area contributed by atoms with Gasteiger partial charge in [-0.05, 0) is 42.5 Å². The van der Waals surface area contributed by atoms with Gasteiger partial charge in [0.15, 0.2) is 0 Å². The Morgan fingerprint density at radius 3 is 2.50 bits per heavy atom. The molecule has 0 bridgehead atoms. The third-order valence-corrected chi connectivity index (χ3v) is 4.57. The van der Waals surface area contributed by atoms with Gasteiger partial charge in [0.1, 0.15) is 17.5 Å². The summed E-state index contributed by atoms with van der Waals surface area (Å²) in [4.78, 5) is 19.4. The van der Waals surface area contributed by atoms with E-state index in [9.17, 15) is 4.79 Å². The SMILES string of the molecule is COc1ccc(OC)c(C2c3ncccc3C(=O)N2c2ccccc2)c1. The van der Waals surface area contributed by atoms with Gasteiger partial charge >= 0.3 is 0 Å². The van der Waals surface area contributed by atoms with E-state index in [-0.39, 0.29) is 11.9 Å². The summed E-state index contributed by atoms with van der Waals surface area (Å²) in [6.07, 6.45) is 1.71. The number of hydrogen-bond donors (Lipinski definition) is 0. The first-order chi connectivity index (χ1) is 12.7. The van der Waals surface area contributed by atoms with Gasteiger partial charge in [0.25, 0.3) is 5.91 Å². The third-order valence-electron chi connectivity index (χ3n) is 4.57. The number of fused-ring (bicyclic) bond motifs is 1. The van der Waals surface area contributed by atoms with Crippen molar-refractivity contribution in [1.29, 1.82) is 0 Å². The number of methoxy groups -OCH3 is 2. The predicted molar refractivity (Wildman–Crippen MR) is 98.9 cm³/mol. The highest BCUT2D eigenvalue weighted by Crippen LogP contribution is 2.44. The molecule has 0 aliphatic carbocycles. The topological polar surface area (TPSA) is 51.7 Å². The smallest absolute Gasteiger partial charge is 0.261 e. The number of para-hydroxylation sites is 1. The lowest BCUT2D eigenvalue weighted by atomic mass is 10.0. The van der Waals surface area contributed by atoms with Gasteiger partial charge in [-0.3, -0.25) is 14.7 Å². The van der Waals surface area contributed by atoms with Gasteiger partial charge in [0.05, 0.1) is 25.5 Å². The van der Waals surface area contributed by atoms with Crippen LogP contribution >= 0.6 is 0 Å². The summed E-state index contributed by atoms with van der Waals surface area (Å²) in [6, 6.07) is 18.4. The van der Waals surface area contributed by atoms with Gasteiger partial charge in [-0.1, -0.05) is 18.2 Å². The van der Waals surface area contributed by atoms with Crippen molar-refractivity contribution < 1.29 is 14.3 Å². The zero-order valence-corrected chi connectivity index (χ0v) is 14.5. The molecule has 1 atom stereocenters. The second kappa shape index (κ2) is 6.52. The zero-order chi connectivity index (χ0) is 18.1. The minimum Gasteiger partial charge on any atom is -0.497 e. The average molecular weight is 346 g/mol. The number of rotatable bonds is 4. The molecule has 3 aromatic rings. The molecule has 0 spiro atoms. The maximum absolute atomic E-state index is 13.1. The minimum atomic E-state index is -0.383. The number of pyridine rings is 1. The van der Waals surface area contributed by atoms with Crippen LogP contribution in [0.5, 0.6) is 11.5 Å². The highest BCUT2D eigenvalue weighted by atomic mass is 16.5. The normalized spacial score (nSPS) is 15.7. The number of anilines is 1. The lowest BCUT2D eigenvalue weighted by Gasteiger charge is -2.26. The van der Waals surface area contributed by atoms with Crippen LogP contribution in [0.25, 0.3) is 0 Å². The van der Waals surface area contributed by atoms with Crippen molar-refractivity contribution in [3.63, 3.8) is 0 Å². The van der Waals surface area contributed by atoms with E-state index in [1.54, 1.807) is 31.4 Å². The number of amides is 1. The van der Waals surface area contributed by atoms with E-state index in [2.05, 4.69) is 4.98 Å². The fourth-order valence-corrected chi connectivity index (χ4v) is 3.38. The number of nitrogens with zero attached hydrogens (tertiary/aromatic N) is 2. The van der Waals surface area contributed by atoms with E-state index in [0.717, 1.165) is 11.3 Å². The van der Waals surface area contributed by atoms with Crippen LogP contribution in [0.3, 0.4) is 0 Å². The summed E-state index contributed by atoms with van der Waals surface area (Å²) in [6.45, 7) is 0. The van der Waals surface area contributed by atoms with Gasteiger partial charge in [-0.25, -0.2) is 0 Å². The fourth-order valence-electron chi connectivity index (χ4n) is 3.38. The summed E-state index contributed by atoms with van der Waals surface area (Å²) in [7, 11) is 3.24. The van der Waals surface area contributed by atoms with Gasteiger partial charge < -0.3 is 9.47 Å². The Labute approximate surface area is 151 Å². The summed E-state index contributed by atoms with van der Waals surface area (Å²) in [5, 5.41) is 0. The van der Waals surface area contributed by atoms with E-state index >= 15 is 0 Å². The van der Waals surface area contributed by atoms with E-state index in [1.165, 1.54) is 0 Å². The van der Waals surface area contributed by atoms with Crippen LogP contribution in [0.2, 0.25) is 0 Å². The number of carbonyl (C=O) groups is 1. The molecule has 26 heavy (non-hydrogen) atoms. The van der Waals surface area contributed by atoms with Crippen LogP contribution in [0, 0.1) is 0 Å². The second-order valence-electron chi connectivity index (χ2n) is 5.96. The van der Waals surface area contributed by atoms with Crippen LogP contribution in [0.1, 0.15) is 27.7 Å². The van der Waals surface area contributed by atoms with E-state index < -0.39 is 0 Å². The number of hydrogen-bond acceptors (Lipinski definition) is 4. The van der Waals surface area contributed by atoms with E-state index in [0.29, 0.717) is 22.8 Å². The third kappa shape index (κ3) is 2.49. The highest BCUT2D eigenvalue weighted by Gasteiger charge is 2.41. The van der Waals surface area contributed by atoms with Gasteiger partial charge in [0.2, 0.25) is 0 Å². The molecule has 4 rings (SSSR count). The monoisotopic (exact) mass is 346 g/mol. The molecule has 0 saturated carbocycles. The molecule has 5 nitrogen and oxygen atoms in total. The molecule has 0 saturated heterocycles. The van der Waals surface area contributed by atoms with Crippen molar-refractivity contribution >= 4 is 11.6 Å². The number of benzene rings is 2. The summed E-state index contributed by atoms with van der Waals surface area (Å²) < 4.78 is 11.0. The lowest BCUT2D eigenvalue weighted by Crippen LogP contribution is -2.28. The first kappa shape index (κ1) is 16.1. The Hall–Kier alpha value is -3.34. The first-order valence-electron chi connectivity index (χ1n) is 8.30. The van der Waals surface area contributed by atoms with Crippen molar-refractivity contribution in [1.82, 2.24) is 4.98 Å². The van der Waals surface area contributed by atoms with Crippen molar-refractivity contribution in [3.8, 4) is 11.5 Å². The maximum Gasteiger partial charge on any atom is 0.261 e. The zero-order valence-electron chi connectivity index (χ0n) is 14.5. The molecule has 1 aromatic heterocycles. The van der Waals surface area contributed by atoms with Gasteiger partial charge in [-0.2, -0.15) is 0 Å². The fraction of sp³-hybridized carbons (Fsp3) is 0.143. The molecule has 2 heterocycles. The van der Waals surface area contributed by atoms with Gasteiger partial charge in [-0.15, -0.1) is 0 Å². The van der Waals surface area contributed by atoms with E-state index in [4.69, 9.17) is 9.47 Å². The molecule has 1 amide bonds. The molecule has 0 N–H and O–H groups in total. The van der Waals surface area contributed by atoms with Crippen LogP contribution in [-0.2, 0) is 0 Å². The van der Waals surface area contributed by atoms with Crippen molar-refractivity contribution in [2.45, 2.75) is 6.04 Å². The number of aromatic nitrogens is 1. The predicted octanol–water partition coefficient (Wildman–Crippen LogP) is 3.85. The van der Waals surface area contributed by atoms with Crippen LogP contribution in [0.15, 0.2) is 66.9 Å². The molecule has 1 unspecified atom stereocenters. The van der Waals surface area contributed by atoms with Crippen LogP contribution in [0.4, 0.5) is 5.69 Å². The Bertz CT molecular complexity index is 956. The molecule has 0 fully saturated rings. The van der Waals surface area contributed by atoms with Crippen molar-refractivity contribution in [2.75, 3.05) is 19.1 Å². The second-order valence-corrected chi connectivity index (χ2v) is 5.96. The molecule has 130 valence electrons. The average Bonchev–Trinajstić information content (AvgIpc) is 3.01. The number of ether oxygens (including phenoxy) is 2. The Balaban J connectivity index is 1.95. The Morgan fingerprint density at radius 2 is 1.77 bits per heavy atom. The largest absolute Gasteiger partial charge is 0.497 e. The van der Waals surface area contributed by atoms with Crippen molar-refractivity contribution in [3.05, 3.63) is 83.7 Å². The maximum atomic E-state index is 13.1. The summed E-state index contributed by atoms with van der Waals surface area (Å²) in [5.74, 6) is 1.31. The Kier molecular flexibility index (Phi) is 4.05. The lowest BCUT2D eigenvalue weighted by molar-refractivity contribution is 0.0993. The van der Waals surface area contributed by atoms with Crippen LogP contribution < -0.4 is 14.4 Å². The Morgan fingerprint density at radius 1 is 0.962 bits per heavy atom. The van der Waals surface area contributed by atoms with E-state index in [1.807, 2.05) is 54.6 Å². The molecule has 0 radical (unpaired) electrons. The quantitative estimate of drug-likeness (QED) is 0.720. The van der Waals surface area contributed by atoms with Crippen molar-refractivity contribution in [2.24, 2.45) is 0 Å². The first-order valence-corrected chi connectivity index (χ1v) is 8.30. The molecule has 1 aliphatic rings. The number of carbonyl (C=O) groups excluding carboxylic acids is 1. The highest BCUT2D eigenvalue weighted by molar-refractivity contribution is 6.11. The minimum absolute atomic E-state index is 0.0748.